The molecule has 0 atom stereocenters. The number of methoxy groups -OCH3 is 1. The van der Waals surface area contributed by atoms with E-state index in [-0.39, 0.29) is 0 Å². The molecule has 0 spiro atoms. The fourth-order valence-corrected chi connectivity index (χ4v) is 1.23. The predicted octanol–water partition coefficient (Wildman–Crippen LogP) is 2.46. The summed E-state index contributed by atoms with van der Waals surface area (Å²) in [6.07, 6.45) is 3.46. The van der Waals surface area contributed by atoms with Crippen molar-refractivity contribution < 1.29 is 9.47 Å². The van der Waals surface area contributed by atoms with Crippen LogP contribution in [0.4, 0.5) is 0 Å². The van der Waals surface area contributed by atoms with Gasteiger partial charge in [0.25, 0.3) is 0 Å². The minimum atomic E-state index is 0.391. The van der Waals surface area contributed by atoms with Crippen LogP contribution in [0.2, 0.25) is 0 Å². The monoisotopic (exact) mass is 231 g/mol. The summed E-state index contributed by atoms with van der Waals surface area (Å²) in [5.74, 6) is 0. The highest BCUT2D eigenvalue weighted by atomic mass is 16.5. The first-order chi connectivity index (χ1) is 7.56. The molecular weight excluding hydrogens is 202 g/mol. The Morgan fingerprint density at radius 2 is 1.69 bits per heavy atom. The Balaban J connectivity index is 2.99. The molecule has 0 saturated carbocycles. The Morgan fingerprint density at radius 1 is 0.938 bits per heavy atom. The Hall–Kier alpha value is -0.120. The Morgan fingerprint density at radius 3 is 2.31 bits per heavy atom. The molecule has 0 bridgehead atoms. The second kappa shape index (κ2) is 10.1. The van der Waals surface area contributed by atoms with Crippen LogP contribution < -0.4 is 5.32 Å². The highest BCUT2D eigenvalue weighted by molar-refractivity contribution is 4.59. The topological polar surface area (TPSA) is 30.5 Å². The fraction of sp³-hybridized carbons (Fsp3) is 1.00. The molecule has 3 heteroatoms. The van der Waals surface area contributed by atoms with E-state index < -0.39 is 0 Å². The predicted molar refractivity (Wildman–Crippen MR) is 68.9 cm³/mol. The molecule has 16 heavy (non-hydrogen) atoms. The van der Waals surface area contributed by atoms with E-state index in [0.29, 0.717) is 5.41 Å². The SMILES string of the molecule is COCCNCCCCOCCC(C)(C)C. The van der Waals surface area contributed by atoms with E-state index in [0.717, 1.165) is 45.8 Å². The molecule has 0 radical (unpaired) electrons. The molecule has 0 saturated heterocycles. The van der Waals surface area contributed by atoms with E-state index in [2.05, 4.69) is 26.1 Å². The smallest absolute Gasteiger partial charge is 0.0587 e. The van der Waals surface area contributed by atoms with Gasteiger partial charge in [-0.15, -0.1) is 0 Å². The van der Waals surface area contributed by atoms with Gasteiger partial charge in [0.1, 0.15) is 0 Å². The number of ether oxygens (including phenoxy) is 2. The molecule has 0 unspecified atom stereocenters. The summed E-state index contributed by atoms with van der Waals surface area (Å²) in [7, 11) is 1.73. The summed E-state index contributed by atoms with van der Waals surface area (Å²) in [5.41, 5.74) is 0.391. The minimum absolute atomic E-state index is 0.391. The van der Waals surface area contributed by atoms with Crippen molar-refractivity contribution >= 4 is 0 Å². The average molecular weight is 231 g/mol. The normalized spacial score (nSPS) is 12.0. The van der Waals surface area contributed by atoms with Crippen molar-refractivity contribution in [1.29, 1.82) is 0 Å². The van der Waals surface area contributed by atoms with E-state index in [1.165, 1.54) is 6.42 Å². The summed E-state index contributed by atoms with van der Waals surface area (Å²) < 4.78 is 10.5. The summed E-state index contributed by atoms with van der Waals surface area (Å²) in [6.45, 7) is 11.3. The van der Waals surface area contributed by atoms with Crippen molar-refractivity contribution in [3.63, 3.8) is 0 Å². The van der Waals surface area contributed by atoms with E-state index in [4.69, 9.17) is 9.47 Å². The molecule has 3 nitrogen and oxygen atoms in total. The molecule has 0 aromatic carbocycles. The van der Waals surface area contributed by atoms with E-state index in [1.54, 1.807) is 7.11 Å². The quantitative estimate of drug-likeness (QED) is 0.586. The molecule has 0 aromatic heterocycles. The number of hydrogen-bond acceptors (Lipinski definition) is 3. The highest BCUT2D eigenvalue weighted by Crippen LogP contribution is 2.17. The van der Waals surface area contributed by atoms with Crippen LogP contribution in [0.1, 0.15) is 40.0 Å². The molecule has 0 rings (SSSR count). The molecule has 0 aliphatic rings. The first-order valence-corrected chi connectivity index (χ1v) is 6.33. The summed E-state index contributed by atoms with van der Waals surface area (Å²) >= 11 is 0. The maximum absolute atomic E-state index is 5.58. The largest absolute Gasteiger partial charge is 0.383 e. The Labute approximate surface area is 101 Å². The van der Waals surface area contributed by atoms with Gasteiger partial charge in [0, 0.05) is 26.9 Å². The third-order valence-corrected chi connectivity index (χ3v) is 2.37. The van der Waals surface area contributed by atoms with Gasteiger partial charge in [-0.25, -0.2) is 0 Å². The first kappa shape index (κ1) is 15.9. The van der Waals surface area contributed by atoms with E-state index in [9.17, 15) is 0 Å². The Kier molecular flexibility index (Phi) is 9.99. The number of rotatable bonds is 10. The maximum atomic E-state index is 5.58. The van der Waals surface area contributed by atoms with Gasteiger partial charge in [0.2, 0.25) is 0 Å². The van der Waals surface area contributed by atoms with Crippen LogP contribution in [0, 0.1) is 5.41 Å². The minimum Gasteiger partial charge on any atom is -0.383 e. The van der Waals surface area contributed by atoms with Crippen molar-refractivity contribution in [3.05, 3.63) is 0 Å². The van der Waals surface area contributed by atoms with Gasteiger partial charge < -0.3 is 14.8 Å². The first-order valence-electron chi connectivity index (χ1n) is 6.33. The lowest BCUT2D eigenvalue weighted by Gasteiger charge is -2.17. The summed E-state index contributed by atoms with van der Waals surface area (Å²) in [5, 5.41) is 3.32. The van der Waals surface area contributed by atoms with Crippen LogP contribution in [0.5, 0.6) is 0 Å². The zero-order chi connectivity index (χ0) is 12.3. The van der Waals surface area contributed by atoms with Gasteiger partial charge in [-0.3, -0.25) is 0 Å². The van der Waals surface area contributed by atoms with Crippen molar-refractivity contribution in [2.75, 3.05) is 40.0 Å². The van der Waals surface area contributed by atoms with Crippen LogP contribution in [0.3, 0.4) is 0 Å². The third-order valence-electron chi connectivity index (χ3n) is 2.37. The van der Waals surface area contributed by atoms with Crippen molar-refractivity contribution in [2.24, 2.45) is 5.41 Å². The second-order valence-electron chi connectivity index (χ2n) is 5.37. The molecule has 1 N–H and O–H groups in total. The fourth-order valence-electron chi connectivity index (χ4n) is 1.23. The zero-order valence-electron chi connectivity index (χ0n) is 11.5. The molecule has 0 aliphatic heterocycles. The van der Waals surface area contributed by atoms with Crippen LogP contribution in [0.15, 0.2) is 0 Å². The molecule has 98 valence electrons. The number of nitrogens with one attached hydrogen (secondary N) is 1. The lowest BCUT2D eigenvalue weighted by Crippen LogP contribution is -2.20. The number of unbranched alkanes of at least 4 members (excludes halogenated alkanes) is 1. The molecule has 0 aliphatic carbocycles. The van der Waals surface area contributed by atoms with E-state index >= 15 is 0 Å². The van der Waals surface area contributed by atoms with Crippen LogP contribution >= 0.6 is 0 Å². The van der Waals surface area contributed by atoms with Gasteiger partial charge in [-0.2, -0.15) is 0 Å². The molecule has 0 heterocycles. The molecule has 0 fully saturated rings. The molecule has 0 amide bonds. The van der Waals surface area contributed by atoms with Gasteiger partial charge >= 0.3 is 0 Å². The van der Waals surface area contributed by atoms with Gasteiger partial charge in [0.05, 0.1) is 6.61 Å². The molecule has 0 aromatic rings. The number of hydrogen-bond donors (Lipinski definition) is 1. The second-order valence-corrected chi connectivity index (χ2v) is 5.37. The third kappa shape index (κ3) is 13.9. The van der Waals surface area contributed by atoms with Gasteiger partial charge in [-0.05, 0) is 31.2 Å². The summed E-state index contributed by atoms with van der Waals surface area (Å²) in [4.78, 5) is 0. The van der Waals surface area contributed by atoms with Crippen LogP contribution in [-0.4, -0.2) is 40.0 Å². The van der Waals surface area contributed by atoms with Crippen molar-refractivity contribution in [1.82, 2.24) is 5.32 Å². The van der Waals surface area contributed by atoms with Crippen molar-refractivity contribution in [2.45, 2.75) is 40.0 Å². The van der Waals surface area contributed by atoms with Gasteiger partial charge in [-0.1, -0.05) is 20.8 Å². The van der Waals surface area contributed by atoms with Crippen LogP contribution in [0.25, 0.3) is 0 Å². The highest BCUT2D eigenvalue weighted by Gasteiger charge is 2.08. The average Bonchev–Trinajstić information content (AvgIpc) is 2.19. The van der Waals surface area contributed by atoms with Crippen molar-refractivity contribution in [3.8, 4) is 0 Å². The molecular formula is C13H29NO2. The van der Waals surface area contributed by atoms with Crippen LogP contribution in [-0.2, 0) is 9.47 Å². The van der Waals surface area contributed by atoms with Gasteiger partial charge in [0.15, 0.2) is 0 Å². The lowest BCUT2D eigenvalue weighted by molar-refractivity contribution is 0.105. The summed E-state index contributed by atoms with van der Waals surface area (Å²) in [6, 6.07) is 0. The Bertz CT molecular complexity index is 143. The van der Waals surface area contributed by atoms with E-state index in [1.807, 2.05) is 0 Å². The standard InChI is InChI=1S/C13H29NO2/c1-13(2,3)7-11-16-10-6-5-8-14-9-12-15-4/h14H,5-12H2,1-4H3. The maximum Gasteiger partial charge on any atom is 0.0587 e. The zero-order valence-corrected chi connectivity index (χ0v) is 11.5. The lowest BCUT2D eigenvalue weighted by atomic mass is 9.93.